The van der Waals surface area contributed by atoms with Crippen LogP contribution in [0.15, 0.2) is 24.3 Å². The number of halogens is 1. The molecule has 1 aliphatic carbocycles. The molecule has 0 aliphatic heterocycles. The first-order chi connectivity index (χ1) is 10.4. The summed E-state index contributed by atoms with van der Waals surface area (Å²) in [6.07, 6.45) is 3.04. The van der Waals surface area contributed by atoms with Gasteiger partial charge in [-0.25, -0.2) is 4.79 Å². The minimum absolute atomic E-state index is 0.107. The highest BCUT2D eigenvalue weighted by molar-refractivity contribution is 6.31. The molecule has 0 spiro atoms. The Hall–Kier alpha value is -1.55. The van der Waals surface area contributed by atoms with Crippen LogP contribution in [-0.4, -0.2) is 22.5 Å². The zero-order chi connectivity index (χ0) is 16.3. The number of carbonyl (C=O) groups is 2. The molecule has 1 aliphatic rings. The lowest BCUT2D eigenvalue weighted by Crippen LogP contribution is -2.60. The number of aliphatic carboxylic acids is 1. The lowest BCUT2D eigenvalue weighted by molar-refractivity contribution is -0.152. The number of hydrogen-bond acceptors (Lipinski definition) is 2. The van der Waals surface area contributed by atoms with Crippen molar-refractivity contribution >= 4 is 23.5 Å². The normalized spacial score (nSPS) is 26.2. The lowest BCUT2D eigenvalue weighted by atomic mass is 9.73. The maximum Gasteiger partial charge on any atom is 0.329 e. The Labute approximate surface area is 135 Å². The largest absolute Gasteiger partial charge is 0.479 e. The molecule has 4 nitrogen and oxygen atoms in total. The van der Waals surface area contributed by atoms with E-state index in [0.717, 1.165) is 24.8 Å². The summed E-state index contributed by atoms with van der Waals surface area (Å²) in [5, 5.41) is 11.5. The summed E-state index contributed by atoms with van der Waals surface area (Å²) < 4.78 is 0. The van der Waals surface area contributed by atoms with Crippen molar-refractivity contribution in [1.29, 1.82) is 0 Å². The molecule has 2 N–H and O–H groups in total. The van der Waals surface area contributed by atoms with Crippen LogP contribution in [0.2, 0.25) is 0 Å². The maximum absolute atomic E-state index is 12.4. The van der Waals surface area contributed by atoms with E-state index in [4.69, 9.17) is 11.6 Å². The van der Waals surface area contributed by atoms with Gasteiger partial charge in [-0.15, -0.1) is 11.6 Å². The van der Waals surface area contributed by atoms with Crippen LogP contribution < -0.4 is 5.32 Å². The lowest BCUT2D eigenvalue weighted by Gasteiger charge is -2.40. The quantitative estimate of drug-likeness (QED) is 0.834. The molecule has 3 unspecified atom stereocenters. The summed E-state index contributed by atoms with van der Waals surface area (Å²) in [7, 11) is 0. The highest BCUT2D eigenvalue weighted by Crippen LogP contribution is 2.35. The van der Waals surface area contributed by atoms with Crippen molar-refractivity contribution in [2.45, 2.75) is 50.4 Å². The summed E-state index contributed by atoms with van der Waals surface area (Å²) in [4.78, 5) is 24.2. The zero-order valence-corrected chi connectivity index (χ0v) is 13.7. The number of amides is 1. The first-order valence-electron chi connectivity index (χ1n) is 7.63. The first kappa shape index (κ1) is 16.8. The van der Waals surface area contributed by atoms with Gasteiger partial charge in [-0.05, 0) is 31.2 Å². The van der Waals surface area contributed by atoms with Crippen molar-refractivity contribution in [2.24, 2.45) is 5.92 Å². The van der Waals surface area contributed by atoms with Crippen molar-refractivity contribution in [3.8, 4) is 0 Å². The van der Waals surface area contributed by atoms with Gasteiger partial charge < -0.3 is 10.4 Å². The third kappa shape index (κ3) is 3.27. The molecular formula is C17H22ClNO3. The number of benzene rings is 1. The maximum atomic E-state index is 12.4. The van der Waals surface area contributed by atoms with E-state index < -0.39 is 22.8 Å². The fraction of sp³-hybridized carbons (Fsp3) is 0.529. The van der Waals surface area contributed by atoms with Crippen LogP contribution in [0.1, 0.15) is 49.1 Å². The van der Waals surface area contributed by atoms with Crippen molar-refractivity contribution in [3.05, 3.63) is 35.4 Å². The second-order valence-electron chi connectivity index (χ2n) is 6.19. The summed E-state index contributed by atoms with van der Waals surface area (Å²) in [6.45, 7) is 3.83. The Morgan fingerprint density at radius 2 is 1.95 bits per heavy atom. The monoisotopic (exact) mass is 323 g/mol. The van der Waals surface area contributed by atoms with E-state index in [2.05, 4.69) is 5.32 Å². The standard InChI is InChI=1S/C17H22ClNO3/c1-11-6-8-13(9-7-11)14(18)15(20)19-17(16(21)22)10-4-3-5-12(17)2/h6-9,12,14H,3-5,10H2,1-2H3,(H,19,20)(H,21,22). The number of aryl methyl sites for hydroxylation is 1. The number of carbonyl (C=O) groups excluding carboxylic acids is 1. The van der Waals surface area contributed by atoms with E-state index in [9.17, 15) is 14.7 Å². The molecule has 1 aromatic carbocycles. The number of rotatable bonds is 4. The third-order valence-electron chi connectivity index (χ3n) is 4.63. The van der Waals surface area contributed by atoms with Crippen LogP contribution >= 0.6 is 11.6 Å². The highest BCUT2D eigenvalue weighted by Gasteiger charge is 2.47. The van der Waals surface area contributed by atoms with Gasteiger partial charge in [-0.3, -0.25) is 4.79 Å². The van der Waals surface area contributed by atoms with Gasteiger partial charge in [0, 0.05) is 0 Å². The minimum Gasteiger partial charge on any atom is -0.479 e. The molecule has 0 saturated heterocycles. The van der Waals surface area contributed by atoms with Gasteiger partial charge in [0.2, 0.25) is 5.91 Å². The van der Waals surface area contributed by atoms with Crippen LogP contribution in [0, 0.1) is 12.8 Å². The highest BCUT2D eigenvalue weighted by atomic mass is 35.5. The third-order valence-corrected chi connectivity index (χ3v) is 5.08. The summed E-state index contributed by atoms with van der Waals surface area (Å²) in [5.41, 5.74) is 0.553. The number of hydrogen-bond donors (Lipinski definition) is 2. The molecule has 1 fully saturated rings. The fourth-order valence-corrected chi connectivity index (χ4v) is 3.27. The molecule has 22 heavy (non-hydrogen) atoms. The van der Waals surface area contributed by atoms with E-state index in [-0.39, 0.29) is 5.92 Å². The molecule has 1 aromatic rings. The van der Waals surface area contributed by atoms with E-state index in [1.54, 1.807) is 12.1 Å². The number of carboxylic acid groups (broad SMARTS) is 1. The molecule has 2 rings (SSSR count). The molecular weight excluding hydrogens is 302 g/mol. The van der Waals surface area contributed by atoms with Crippen LogP contribution in [0.3, 0.4) is 0 Å². The van der Waals surface area contributed by atoms with E-state index in [1.807, 2.05) is 26.0 Å². The summed E-state index contributed by atoms with van der Waals surface area (Å²) in [5.74, 6) is -1.52. The van der Waals surface area contributed by atoms with Crippen LogP contribution in [0.25, 0.3) is 0 Å². The summed E-state index contributed by atoms with van der Waals surface area (Å²) in [6, 6.07) is 7.36. The van der Waals surface area contributed by atoms with E-state index in [1.165, 1.54) is 0 Å². The second kappa shape index (κ2) is 6.69. The SMILES string of the molecule is Cc1ccc(C(Cl)C(=O)NC2(C(=O)O)CCCCC2C)cc1. The van der Waals surface area contributed by atoms with Gasteiger partial charge in [-0.1, -0.05) is 49.6 Å². The molecule has 0 heterocycles. The fourth-order valence-electron chi connectivity index (χ4n) is 3.07. The van der Waals surface area contributed by atoms with Gasteiger partial charge in [0.15, 0.2) is 0 Å². The van der Waals surface area contributed by atoms with Crippen molar-refractivity contribution < 1.29 is 14.7 Å². The van der Waals surface area contributed by atoms with Crippen molar-refractivity contribution in [2.75, 3.05) is 0 Å². The predicted molar refractivity (Wildman–Crippen MR) is 85.9 cm³/mol. The van der Waals surface area contributed by atoms with Crippen LogP contribution in [0.5, 0.6) is 0 Å². The topological polar surface area (TPSA) is 66.4 Å². The van der Waals surface area contributed by atoms with Crippen molar-refractivity contribution in [3.63, 3.8) is 0 Å². The number of carboxylic acids is 1. The number of nitrogens with one attached hydrogen (secondary N) is 1. The van der Waals surface area contributed by atoms with Crippen LogP contribution in [0.4, 0.5) is 0 Å². The predicted octanol–water partition coefficient (Wildman–Crippen LogP) is 3.42. The Morgan fingerprint density at radius 1 is 1.32 bits per heavy atom. The molecule has 1 amide bonds. The Kier molecular flexibility index (Phi) is 5.12. The first-order valence-corrected chi connectivity index (χ1v) is 8.06. The minimum atomic E-state index is -1.20. The molecule has 1 saturated carbocycles. The van der Waals surface area contributed by atoms with Gasteiger partial charge >= 0.3 is 5.97 Å². The zero-order valence-electron chi connectivity index (χ0n) is 12.9. The molecule has 0 aromatic heterocycles. The van der Waals surface area contributed by atoms with Gasteiger partial charge in [0.1, 0.15) is 10.9 Å². The average molecular weight is 324 g/mol. The smallest absolute Gasteiger partial charge is 0.329 e. The van der Waals surface area contributed by atoms with Gasteiger partial charge in [-0.2, -0.15) is 0 Å². The molecule has 5 heteroatoms. The molecule has 0 radical (unpaired) electrons. The molecule has 3 atom stereocenters. The van der Waals surface area contributed by atoms with Crippen molar-refractivity contribution in [1.82, 2.24) is 5.32 Å². The van der Waals surface area contributed by atoms with E-state index in [0.29, 0.717) is 12.0 Å². The van der Waals surface area contributed by atoms with Gasteiger partial charge in [0.25, 0.3) is 0 Å². The molecule has 120 valence electrons. The number of alkyl halides is 1. The Morgan fingerprint density at radius 3 is 2.50 bits per heavy atom. The average Bonchev–Trinajstić information content (AvgIpc) is 2.49. The Bertz CT molecular complexity index is 558. The van der Waals surface area contributed by atoms with Crippen LogP contribution in [-0.2, 0) is 9.59 Å². The van der Waals surface area contributed by atoms with Gasteiger partial charge in [0.05, 0.1) is 0 Å². The van der Waals surface area contributed by atoms with E-state index >= 15 is 0 Å². The summed E-state index contributed by atoms with van der Waals surface area (Å²) >= 11 is 6.24. The second-order valence-corrected chi connectivity index (χ2v) is 6.62. The molecule has 0 bridgehead atoms. The Balaban J connectivity index is 2.17.